The van der Waals surface area contributed by atoms with Crippen LogP contribution < -0.4 is 0 Å². The summed E-state index contributed by atoms with van der Waals surface area (Å²) < 4.78 is 4.42. The number of para-hydroxylation sites is 1. The van der Waals surface area contributed by atoms with Crippen molar-refractivity contribution in [2.45, 2.75) is 40.0 Å². The second-order valence-electron chi connectivity index (χ2n) is 5.76. The Kier molecular flexibility index (Phi) is 6.83. The lowest BCUT2D eigenvalue weighted by Gasteiger charge is -2.19. The number of rotatable bonds is 1. The fourth-order valence-corrected chi connectivity index (χ4v) is 2.36. The number of esters is 1. The van der Waals surface area contributed by atoms with Crippen LogP contribution in [0.4, 0.5) is 0 Å². The number of ether oxygens (including phenoxy) is 1. The van der Waals surface area contributed by atoms with E-state index in [2.05, 4.69) is 11.7 Å². The molecule has 0 saturated heterocycles. The number of phenols is 1. The summed E-state index contributed by atoms with van der Waals surface area (Å²) in [6.45, 7) is 6.21. The van der Waals surface area contributed by atoms with Gasteiger partial charge in [0, 0.05) is 6.42 Å². The van der Waals surface area contributed by atoms with Crippen LogP contribution in [0.15, 0.2) is 35.4 Å². The number of benzene rings is 1. The first-order chi connectivity index (χ1) is 10.4. The van der Waals surface area contributed by atoms with Crippen molar-refractivity contribution in [2.75, 3.05) is 7.11 Å². The maximum Gasteiger partial charge on any atom is 0.341 e. The summed E-state index contributed by atoms with van der Waals surface area (Å²) in [5.41, 5.74) is 2.49. The highest BCUT2D eigenvalue weighted by molar-refractivity contribution is 5.96. The van der Waals surface area contributed by atoms with E-state index in [1.807, 2.05) is 13.8 Å². The second-order valence-corrected chi connectivity index (χ2v) is 5.76. The number of hydrogen-bond donors (Lipinski definition) is 1. The van der Waals surface area contributed by atoms with Crippen LogP contribution in [0, 0.1) is 5.92 Å². The average Bonchev–Trinajstić information content (AvgIpc) is 2.47. The standard InChI is InChI=1S/C10H16O.C8H8O3/c1-7(2)9-5-4-8(3)6-10(9)11;1-11-8(10)6-4-2-3-5-7(6)9/h8H,4-6H2,1-3H3;2-5,9H,1H3/t8-;/m1./s1. The number of hydrogen-bond acceptors (Lipinski definition) is 4. The maximum absolute atomic E-state index is 11.4. The molecule has 4 nitrogen and oxygen atoms in total. The molecule has 1 aliphatic carbocycles. The molecule has 1 atom stereocenters. The molecule has 1 fully saturated rings. The summed E-state index contributed by atoms with van der Waals surface area (Å²) >= 11 is 0. The molecule has 0 amide bonds. The van der Waals surface area contributed by atoms with Crippen molar-refractivity contribution in [3.8, 4) is 5.75 Å². The van der Waals surface area contributed by atoms with Gasteiger partial charge in [-0.2, -0.15) is 0 Å². The third kappa shape index (κ3) is 5.02. The van der Waals surface area contributed by atoms with Crippen LogP contribution in [-0.2, 0) is 9.53 Å². The molecule has 0 heterocycles. The monoisotopic (exact) mass is 304 g/mol. The van der Waals surface area contributed by atoms with Gasteiger partial charge in [-0.05, 0) is 50.3 Å². The van der Waals surface area contributed by atoms with Crippen molar-refractivity contribution >= 4 is 11.8 Å². The molecule has 1 aliphatic rings. The predicted molar refractivity (Wildman–Crippen MR) is 85.8 cm³/mol. The fourth-order valence-electron chi connectivity index (χ4n) is 2.36. The van der Waals surface area contributed by atoms with Crippen molar-refractivity contribution in [3.63, 3.8) is 0 Å². The minimum Gasteiger partial charge on any atom is -0.507 e. The highest BCUT2D eigenvalue weighted by atomic mass is 16.5. The van der Waals surface area contributed by atoms with Gasteiger partial charge in [0.15, 0.2) is 5.78 Å². The van der Waals surface area contributed by atoms with Gasteiger partial charge in [0.1, 0.15) is 11.3 Å². The Morgan fingerprint density at radius 3 is 2.41 bits per heavy atom. The van der Waals surface area contributed by atoms with Gasteiger partial charge in [-0.1, -0.05) is 24.6 Å². The van der Waals surface area contributed by atoms with E-state index in [4.69, 9.17) is 5.11 Å². The zero-order chi connectivity index (χ0) is 16.7. The van der Waals surface area contributed by atoms with Gasteiger partial charge in [0.25, 0.3) is 0 Å². The molecule has 1 N–H and O–H groups in total. The van der Waals surface area contributed by atoms with Gasteiger partial charge >= 0.3 is 5.97 Å². The number of allylic oxidation sites excluding steroid dienone is 2. The second kappa shape index (κ2) is 8.37. The van der Waals surface area contributed by atoms with Crippen molar-refractivity contribution in [1.29, 1.82) is 0 Å². The van der Waals surface area contributed by atoms with Crippen molar-refractivity contribution < 1.29 is 19.4 Å². The molecule has 0 radical (unpaired) electrons. The summed E-state index contributed by atoms with van der Waals surface area (Å²) in [5, 5.41) is 9.11. The minimum atomic E-state index is -0.525. The third-order valence-corrected chi connectivity index (χ3v) is 3.67. The number of carbonyl (C=O) groups is 2. The molecular formula is C18H24O4. The van der Waals surface area contributed by atoms with Gasteiger partial charge in [-0.3, -0.25) is 4.79 Å². The first kappa shape index (κ1) is 18.0. The number of methoxy groups -OCH3 is 1. The zero-order valence-electron chi connectivity index (χ0n) is 13.7. The quantitative estimate of drug-likeness (QED) is 0.631. The molecule has 4 heteroatoms. The van der Waals surface area contributed by atoms with E-state index in [0.717, 1.165) is 18.4 Å². The van der Waals surface area contributed by atoms with E-state index in [9.17, 15) is 9.59 Å². The molecule has 0 aromatic heterocycles. The fraction of sp³-hybridized carbons (Fsp3) is 0.444. The number of ketones is 1. The predicted octanol–water partition coefficient (Wildman–Crippen LogP) is 3.89. The van der Waals surface area contributed by atoms with Crippen LogP contribution in [0.1, 0.15) is 50.4 Å². The van der Waals surface area contributed by atoms with Crippen molar-refractivity contribution in [2.24, 2.45) is 5.92 Å². The van der Waals surface area contributed by atoms with Crippen molar-refractivity contribution in [3.05, 3.63) is 41.0 Å². The van der Waals surface area contributed by atoms with Gasteiger partial charge in [0.05, 0.1) is 7.11 Å². The Labute approximate surface area is 131 Å². The van der Waals surface area contributed by atoms with Crippen LogP contribution >= 0.6 is 0 Å². The summed E-state index contributed by atoms with van der Waals surface area (Å²) in [6, 6.07) is 6.24. The van der Waals surface area contributed by atoms with Gasteiger partial charge in [0.2, 0.25) is 0 Å². The van der Waals surface area contributed by atoms with Crippen LogP contribution in [0.5, 0.6) is 5.75 Å². The summed E-state index contributed by atoms with van der Waals surface area (Å²) in [6.07, 6.45) is 2.95. The Balaban J connectivity index is 0.000000220. The van der Waals surface area contributed by atoms with Crippen LogP contribution in [-0.4, -0.2) is 24.0 Å². The molecule has 0 aliphatic heterocycles. The molecule has 1 aromatic carbocycles. The zero-order valence-corrected chi connectivity index (χ0v) is 13.7. The molecule has 1 saturated carbocycles. The molecule has 1 aromatic rings. The Morgan fingerprint density at radius 1 is 1.27 bits per heavy atom. The smallest absolute Gasteiger partial charge is 0.341 e. The molecule has 0 spiro atoms. The van der Waals surface area contributed by atoms with Crippen LogP contribution in [0.2, 0.25) is 0 Å². The number of phenolic OH excluding ortho intramolecular Hbond substituents is 1. The molecule has 2 rings (SSSR count). The summed E-state index contributed by atoms with van der Waals surface area (Å²) in [5.74, 6) is 0.400. The Hall–Kier alpha value is -2.10. The minimum absolute atomic E-state index is 0.0562. The Morgan fingerprint density at radius 2 is 1.91 bits per heavy atom. The van der Waals surface area contributed by atoms with E-state index in [1.54, 1.807) is 12.1 Å². The SMILES string of the molecule is CC(C)=C1CC[C@@H](C)CC1=O.COC(=O)c1ccccc1O. The average molecular weight is 304 g/mol. The Bertz CT molecular complexity index is 568. The first-order valence-corrected chi connectivity index (χ1v) is 7.42. The van der Waals surface area contributed by atoms with Gasteiger partial charge in [-0.15, -0.1) is 0 Å². The number of Topliss-reactive ketones (excluding diaryl/α,β-unsaturated/α-hetero) is 1. The normalized spacial score (nSPS) is 17.4. The summed E-state index contributed by atoms with van der Waals surface area (Å²) in [4.78, 5) is 22.2. The van der Waals surface area contributed by atoms with Crippen LogP contribution in [0.3, 0.4) is 0 Å². The number of carbonyl (C=O) groups excluding carboxylic acids is 2. The largest absolute Gasteiger partial charge is 0.507 e. The van der Waals surface area contributed by atoms with Crippen molar-refractivity contribution in [1.82, 2.24) is 0 Å². The van der Waals surface area contributed by atoms with E-state index in [-0.39, 0.29) is 11.3 Å². The lowest BCUT2D eigenvalue weighted by atomic mass is 9.84. The van der Waals surface area contributed by atoms with Gasteiger partial charge in [-0.25, -0.2) is 4.79 Å². The lowest BCUT2D eigenvalue weighted by molar-refractivity contribution is -0.117. The topological polar surface area (TPSA) is 63.6 Å². The highest BCUT2D eigenvalue weighted by Crippen LogP contribution is 2.26. The molecule has 120 valence electrons. The number of aromatic hydroxyl groups is 1. The molecular weight excluding hydrogens is 280 g/mol. The maximum atomic E-state index is 11.4. The van der Waals surface area contributed by atoms with E-state index in [1.165, 1.54) is 31.2 Å². The molecule has 0 bridgehead atoms. The molecule has 22 heavy (non-hydrogen) atoms. The first-order valence-electron chi connectivity index (χ1n) is 7.42. The van der Waals surface area contributed by atoms with E-state index in [0.29, 0.717) is 11.7 Å². The van der Waals surface area contributed by atoms with E-state index < -0.39 is 5.97 Å². The van der Waals surface area contributed by atoms with E-state index >= 15 is 0 Å². The van der Waals surface area contributed by atoms with Gasteiger partial charge < -0.3 is 9.84 Å². The highest BCUT2D eigenvalue weighted by Gasteiger charge is 2.20. The lowest BCUT2D eigenvalue weighted by Crippen LogP contribution is -2.16. The van der Waals surface area contributed by atoms with Crippen LogP contribution in [0.25, 0.3) is 0 Å². The third-order valence-electron chi connectivity index (χ3n) is 3.67. The summed E-state index contributed by atoms with van der Waals surface area (Å²) in [7, 11) is 1.27. The molecule has 0 unspecified atom stereocenters.